The summed E-state index contributed by atoms with van der Waals surface area (Å²) >= 11 is 2.19. The quantitative estimate of drug-likeness (QED) is 0.369. The number of halogens is 1. The third-order valence-corrected chi connectivity index (χ3v) is 1.55. The van der Waals surface area contributed by atoms with Gasteiger partial charge in [0, 0.05) is 3.57 Å². The van der Waals surface area contributed by atoms with Crippen molar-refractivity contribution >= 4 is 28.7 Å². The van der Waals surface area contributed by atoms with Crippen molar-refractivity contribution in [1.29, 1.82) is 0 Å². The molecule has 0 fully saturated rings. The summed E-state index contributed by atoms with van der Waals surface area (Å²) in [6.45, 7) is 0. The molecule has 0 spiro atoms. The molecule has 0 saturated heterocycles. The van der Waals surface area contributed by atoms with E-state index in [2.05, 4.69) is 22.6 Å². The summed E-state index contributed by atoms with van der Waals surface area (Å²) in [5, 5.41) is 25.4. The third-order valence-electron chi connectivity index (χ3n) is 0.827. The maximum absolute atomic E-state index is 8.75. The van der Waals surface area contributed by atoms with Gasteiger partial charge in [0.15, 0.2) is 0 Å². The van der Waals surface area contributed by atoms with Crippen molar-refractivity contribution < 1.29 is 123 Å². The molecule has 1 aromatic carbocycles. The number of benzene rings is 1. The van der Waals surface area contributed by atoms with Gasteiger partial charge >= 0.3 is 103 Å². The Morgan fingerprint density at radius 1 is 1.14 bits per heavy atom. The molecule has 0 bridgehead atoms. The van der Waals surface area contributed by atoms with Gasteiger partial charge in [0.25, 0.3) is 0 Å². The molecule has 14 heavy (non-hydrogen) atoms. The van der Waals surface area contributed by atoms with Crippen LogP contribution in [-0.4, -0.2) is 11.3 Å². The van der Waals surface area contributed by atoms with Crippen LogP contribution in [0.5, 0.6) is 5.75 Å². The Labute approximate surface area is 180 Å². The minimum atomic E-state index is -2.33. The van der Waals surface area contributed by atoms with Gasteiger partial charge in [-0.15, -0.1) is 0 Å². The minimum Gasteiger partial charge on any atom is -0.652 e. The summed E-state index contributed by atoms with van der Waals surface area (Å²) in [5.41, 5.74) is 0. The molecule has 1 N–H and O–H groups in total. The van der Waals surface area contributed by atoms with Crippen LogP contribution < -0.4 is 113 Å². The second-order valence-corrected chi connectivity index (χ2v) is 2.97. The Morgan fingerprint density at radius 3 is 1.64 bits per heavy atom. The van der Waals surface area contributed by atoms with Gasteiger partial charge in [0.2, 0.25) is 0 Å². The van der Waals surface area contributed by atoms with Crippen molar-refractivity contribution in [2.45, 2.75) is 0 Å². The van der Waals surface area contributed by atoms with E-state index in [1.165, 1.54) is 0 Å². The fraction of sp³-hybridized carbons (Fsp3) is 0. The molecule has 0 atom stereocenters. The number of carbonyl (C=O) groups is 1. The van der Waals surface area contributed by atoms with Crippen molar-refractivity contribution in [1.82, 2.24) is 0 Å². The van der Waals surface area contributed by atoms with E-state index in [4.69, 9.17) is 20.1 Å². The summed E-state index contributed by atoms with van der Waals surface area (Å²) in [7, 11) is 0. The molecule has 0 saturated carbocycles. The normalized spacial score (nSPS) is 6.93. The molecule has 0 aliphatic heterocycles. The number of hydrogen-bond acceptors (Lipinski definition) is 4. The molecule has 7 heteroatoms. The first kappa shape index (κ1) is 21.6. The second kappa shape index (κ2) is 13.4. The van der Waals surface area contributed by atoms with Crippen molar-refractivity contribution in [3.05, 3.63) is 27.8 Å². The van der Waals surface area contributed by atoms with Gasteiger partial charge in [-0.1, -0.05) is 0 Å². The van der Waals surface area contributed by atoms with Crippen LogP contribution in [-0.2, 0) is 0 Å². The van der Waals surface area contributed by atoms with Crippen molar-refractivity contribution in [3.8, 4) is 5.75 Å². The van der Waals surface area contributed by atoms with Crippen LogP contribution in [0.2, 0.25) is 0 Å². The van der Waals surface area contributed by atoms with E-state index >= 15 is 0 Å². The van der Waals surface area contributed by atoms with Crippen LogP contribution in [0, 0.1) is 3.57 Å². The van der Waals surface area contributed by atoms with Gasteiger partial charge in [-0.3, -0.25) is 0 Å². The molecule has 4 nitrogen and oxygen atoms in total. The van der Waals surface area contributed by atoms with Crippen LogP contribution in [0.15, 0.2) is 24.3 Å². The van der Waals surface area contributed by atoms with E-state index in [1.54, 1.807) is 12.1 Å². The van der Waals surface area contributed by atoms with Crippen molar-refractivity contribution in [3.63, 3.8) is 0 Å². The molecule has 1 aromatic rings. The zero-order chi connectivity index (χ0) is 9.56. The Hall–Kier alpha value is 2.29. The fourth-order valence-electron chi connectivity index (χ4n) is 0.441. The number of hydrogen-bond donors (Lipinski definition) is 1. The summed E-state index contributed by atoms with van der Waals surface area (Å²) in [4.78, 5) is 8.33. The summed E-state index contributed by atoms with van der Waals surface area (Å²) in [6, 6.07) is 7.05. The van der Waals surface area contributed by atoms with E-state index < -0.39 is 6.16 Å². The largest absolute Gasteiger partial charge is 1.00 e. The van der Waals surface area contributed by atoms with Gasteiger partial charge in [0.1, 0.15) is 5.75 Å². The first-order valence-electron chi connectivity index (χ1n) is 2.85. The first-order valence-corrected chi connectivity index (χ1v) is 3.93. The standard InChI is InChI=1S/C6H5IO.CH2O3.2K/c7-5-1-3-6(8)4-2-5;2-1(3)4;;/h1-4,8H;(H2,2,3,4);;/q;;2*+1/p-2. The van der Waals surface area contributed by atoms with Gasteiger partial charge in [-0.25, -0.2) is 0 Å². The average molecular weight is 358 g/mol. The number of phenols is 1. The summed E-state index contributed by atoms with van der Waals surface area (Å²) in [5.74, 6) is 0.324. The maximum atomic E-state index is 8.75. The van der Waals surface area contributed by atoms with Gasteiger partial charge in [-0.05, 0) is 53.0 Å². The molecular weight excluding hydrogens is 353 g/mol. The molecule has 0 amide bonds. The number of rotatable bonds is 0. The summed E-state index contributed by atoms with van der Waals surface area (Å²) < 4.78 is 1.14. The first-order chi connectivity index (χ1) is 5.52. The zero-order valence-electron chi connectivity index (χ0n) is 7.86. The van der Waals surface area contributed by atoms with E-state index in [1.807, 2.05) is 12.1 Å². The van der Waals surface area contributed by atoms with E-state index in [0.717, 1.165) is 3.57 Å². The molecule has 0 aliphatic rings. The molecule has 0 aliphatic carbocycles. The van der Waals surface area contributed by atoms with E-state index in [9.17, 15) is 0 Å². The van der Waals surface area contributed by atoms with Crippen LogP contribution in [0.1, 0.15) is 0 Å². The van der Waals surface area contributed by atoms with E-state index in [0.29, 0.717) is 5.75 Å². The monoisotopic (exact) mass is 358 g/mol. The Bertz CT molecular complexity index is 227. The van der Waals surface area contributed by atoms with Crippen molar-refractivity contribution in [2.24, 2.45) is 0 Å². The molecule has 66 valence electrons. The number of carbonyl (C=O) groups excluding carboxylic acids is 1. The number of carboxylic acid groups (broad SMARTS) is 2. The van der Waals surface area contributed by atoms with E-state index in [-0.39, 0.29) is 103 Å². The Balaban J connectivity index is -0.000000180. The number of phenolic OH excluding ortho intramolecular Hbond substituents is 1. The van der Waals surface area contributed by atoms with Crippen LogP contribution in [0.4, 0.5) is 4.79 Å². The van der Waals surface area contributed by atoms with Crippen LogP contribution >= 0.6 is 22.6 Å². The molecule has 0 radical (unpaired) electrons. The van der Waals surface area contributed by atoms with Crippen LogP contribution in [0.3, 0.4) is 0 Å². The number of aromatic hydroxyl groups is 1. The smallest absolute Gasteiger partial charge is 0.652 e. The molecular formula is C7H5IK2O4. The Kier molecular flexibility index (Phi) is 20.6. The predicted octanol–water partition coefficient (Wildman–Crippen LogP) is -6.44. The van der Waals surface area contributed by atoms with Gasteiger partial charge in [-0.2, -0.15) is 0 Å². The SMILES string of the molecule is O=C([O-])[O-].Oc1ccc(I)cc1.[K+].[K+]. The van der Waals surface area contributed by atoms with Crippen molar-refractivity contribution in [2.75, 3.05) is 0 Å². The maximum Gasteiger partial charge on any atom is 1.00 e. The summed E-state index contributed by atoms with van der Waals surface area (Å²) in [6.07, 6.45) is -2.33. The van der Waals surface area contributed by atoms with Gasteiger partial charge in [0.05, 0.1) is 0 Å². The van der Waals surface area contributed by atoms with Crippen LogP contribution in [0.25, 0.3) is 0 Å². The third kappa shape index (κ3) is 16.7. The molecule has 0 unspecified atom stereocenters. The molecule has 0 aromatic heterocycles. The average Bonchev–Trinajstić information content (AvgIpc) is 1.94. The fourth-order valence-corrected chi connectivity index (χ4v) is 0.801. The predicted molar refractivity (Wildman–Crippen MR) is 46.2 cm³/mol. The minimum absolute atomic E-state index is 0. The topological polar surface area (TPSA) is 83.4 Å². The van der Waals surface area contributed by atoms with Gasteiger partial charge < -0.3 is 20.1 Å². The zero-order valence-corrected chi connectivity index (χ0v) is 16.3. The second-order valence-electron chi connectivity index (χ2n) is 1.73. The molecule has 0 heterocycles. The Morgan fingerprint density at radius 2 is 1.43 bits per heavy atom. The molecule has 1 rings (SSSR count).